The summed E-state index contributed by atoms with van der Waals surface area (Å²) in [5, 5.41) is 3.61. The molecule has 2 atom stereocenters. The lowest BCUT2D eigenvalue weighted by Crippen LogP contribution is -2.46. The molecule has 2 heteroatoms. The average molecular weight is 238 g/mol. The lowest BCUT2D eigenvalue weighted by atomic mass is 9.98. The second kappa shape index (κ2) is 6.01. The van der Waals surface area contributed by atoms with E-state index in [1.807, 2.05) is 0 Å². The van der Waals surface area contributed by atoms with E-state index in [0.717, 1.165) is 13.1 Å². The minimum atomic E-state index is 0.229. The van der Waals surface area contributed by atoms with Crippen LogP contribution in [0.25, 0.3) is 0 Å². The van der Waals surface area contributed by atoms with E-state index in [1.165, 1.54) is 13.0 Å². The van der Waals surface area contributed by atoms with Crippen molar-refractivity contribution >= 4 is 0 Å². The second-order valence-electron chi connectivity index (χ2n) is 6.64. The maximum Gasteiger partial charge on any atom is 0.0168 e. The molecule has 17 heavy (non-hydrogen) atoms. The van der Waals surface area contributed by atoms with Gasteiger partial charge in [-0.05, 0) is 53.5 Å². The molecule has 0 saturated heterocycles. The molecule has 100 valence electrons. The minimum absolute atomic E-state index is 0.229. The van der Waals surface area contributed by atoms with Gasteiger partial charge in [0.25, 0.3) is 0 Å². The molecule has 0 amide bonds. The molecule has 1 N–H and O–H groups in total. The summed E-state index contributed by atoms with van der Waals surface area (Å²) in [6, 6.07) is 0.661. The summed E-state index contributed by atoms with van der Waals surface area (Å²) >= 11 is 0. The zero-order valence-electron chi connectivity index (χ0n) is 12.5. The molecule has 0 aliphatic carbocycles. The lowest BCUT2D eigenvalue weighted by molar-refractivity contribution is 0.166. The highest BCUT2D eigenvalue weighted by Gasteiger charge is 2.22. The van der Waals surface area contributed by atoms with E-state index in [2.05, 4.69) is 57.8 Å². The van der Waals surface area contributed by atoms with Gasteiger partial charge in [0.2, 0.25) is 0 Å². The van der Waals surface area contributed by atoms with E-state index in [9.17, 15) is 0 Å². The van der Waals surface area contributed by atoms with Crippen molar-refractivity contribution in [3.05, 3.63) is 11.6 Å². The van der Waals surface area contributed by atoms with E-state index in [0.29, 0.717) is 12.0 Å². The minimum Gasteiger partial charge on any atom is -0.312 e. The van der Waals surface area contributed by atoms with Crippen LogP contribution < -0.4 is 5.32 Å². The predicted octanol–water partition coefficient (Wildman–Crippen LogP) is 3.05. The molecule has 0 radical (unpaired) electrons. The maximum absolute atomic E-state index is 3.61. The Morgan fingerprint density at radius 3 is 2.47 bits per heavy atom. The van der Waals surface area contributed by atoms with Gasteiger partial charge in [-0.15, -0.1) is 0 Å². The number of nitrogens with zero attached hydrogens (tertiary/aromatic N) is 1. The Balaban J connectivity index is 2.39. The van der Waals surface area contributed by atoms with Crippen LogP contribution in [0.4, 0.5) is 0 Å². The third-order valence-electron chi connectivity index (χ3n) is 3.82. The molecule has 2 nitrogen and oxygen atoms in total. The van der Waals surface area contributed by atoms with Gasteiger partial charge < -0.3 is 5.32 Å². The normalized spacial score (nSPS) is 22.1. The van der Waals surface area contributed by atoms with Crippen LogP contribution >= 0.6 is 0 Å². The second-order valence-corrected chi connectivity index (χ2v) is 6.64. The van der Waals surface area contributed by atoms with E-state index < -0.39 is 0 Å². The van der Waals surface area contributed by atoms with Crippen LogP contribution in [-0.2, 0) is 0 Å². The largest absolute Gasteiger partial charge is 0.312 e. The first kappa shape index (κ1) is 14.7. The summed E-state index contributed by atoms with van der Waals surface area (Å²) in [4.78, 5) is 2.60. The molecule has 0 bridgehead atoms. The van der Waals surface area contributed by atoms with Gasteiger partial charge in [0.05, 0.1) is 0 Å². The first-order valence-corrected chi connectivity index (χ1v) is 6.94. The SMILES string of the molecule is CC1=CCN(C(C)C(C)CNC(C)(C)C)CC1. The molecule has 1 rings (SSSR count). The van der Waals surface area contributed by atoms with Gasteiger partial charge in [0, 0.05) is 24.7 Å². The van der Waals surface area contributed by atoms with Gasteiger partial charge in [0.15, 0.2) is 0 Å². The van der Waals surface area contributed by atoms with Crippen molar-refractivity contribution < 1.29 is 0 Å². The van der Waals surface area contributed by atoms with Crippen LogP contribution in [0.3, 0.4) is 0 Å². The Morgan fingerprint density at radius 2 is 2.00 bits per heavy atom. The highest BCUT2D eigenvalue weighted by atomic mass is 15.2. The quantitative estimate of drug-likeness (QED) is 0.757. The molecule has 0 aromatic heterocycles. The highest BCUT2D eigenvalue weighted by molar-refractivity contribution is 5.04. The van der Waals surface area contributed by atoms with Crippen molar-refractivity contribution in [1.29, 1.82) is 0 Å². The Hall–Kier alpha value is -0.340. The summed E-state index contributed by atoms with van der Waals surface area (Å²) in [7, 11) is 0. The third kappa shape index (κ3) is 5.22. The Kier molecular flexibility index (Phi) is 5.21. The molecule has 1 aliphatic rings. The van der Waals surface area contributed by atoms with Crippen molar-refractivity contribution in [2.24, 2.45) is 5.92 Å². The summed E-state index contributed by atoms with van der Waals surface area (Å²) in [6.07, 6.45) is 3.62. The van der Waals surface area contributed by atoms with Crippen LogP contribution in [0.2, 0.25) is 0 Å². The monoisotopic (exact) mass is 238 g/mol. The predicted molar refractivity (Wildman–Crippen MR) is 76.3 cm³/mol. The zero-order valence-corrected chi connectivity index (χ0v) is 12.5. The van der Waals surface area contributed by atoms with Gasteiger partial charge >= 0.3 is 0 Å². The van der Waals surface area contributed by atoms with E-state index >= 15 is 0 Å². The Bertz CT molecular complexity index is 263. The van der Waals surface area contributed by atoms with Crippen LogP contribution in [-0.4, -0.2) is 36.1 Å². The van der Waals surface area contributed by atoms with Gasteiger partial charge in [-0.2, -0.15) is 0 Å². The molecular weight excluding hydrogens is 208 g/mol. The van der Waals surface area contributed by atoms with Crippen LogP contribution in [0.5, 0.6) is 0 Å². The highest BCUT2D eigenvalue weighted by Crippen LogP contribution is 2.17. The zero-order chi connectivity index (χ0) is 13.1. The Labute approximate surface area is 107 Å². The van der Waals surface area contributed by atoms with Crippen LogP contribution in [0.15, 0.2) is 11.6 Å². The molecule has 1 heterocycles. The van der Waals surface area contributed by atoms with E-state index in [1.54, 1.807) is 5.57 Å². The fraction of sp³-hybridized carbons (Fsp3) is 0.867. The molecule has 0 fully saturated rings. The Morgan fingerprint density at radius 1 is 1.35 bits per heavy atom. The number of hydrogen-bond acceptors (Lipinski definition) is 2. The summed E-state index contributed by atoms with van der Waals surface area (Å²) in [6.45, 7) is 17.1. The maximum atomic E-state index is 3.61. The summed E-state index contributed by atoms with van der Waals surface area (Å²) < 4.78 is 0. The van der Waals surface area contributed by atoms with E-state index in [-0.39, 0.29) is 5.54 Å². The van der Waals surface area contributed by atoms with Crippen LogP contribution in [0, 0.1) is 5.92 Å². The van der Waals surface area contributed by atoms with Gasteiger partial charge in [-0.25, -0.2) is 0 Å². The molecule has 0 spiro atoms. The van der Waals surface area contributed by atoms with Crippen molar-refractivity contribution in [3.63, 3.8) is 0 Å². The first-order valence-electron chi connectivity index (χ1n) is 6.94. The smallest absolute Gasteiger partial charge is 0.0168 e. The lowest BCUT2D eigenvalue weighted by Gasteiger charge is -2.36. The molecule has 0 aromatic rings. The van der Waals surface area contributed by atoms with Gasteiger partial charge in [0.1, 0.15) is 0 Å². The fourth-order valence-electron chi connectivity index (χ4n) is 2.15. The number of nitrogens with one attached hydrogen (secondary N) is 1. The van der Waals surface area contributed by atoms with E-state index in [4.69, 9.17) is 0 Å². The van der Waals surface area contributed by atoms with Crippen molar-refractivity contribution in [1.82, 2.24) is 10.2 Å². The summed E-state index contributed by atoms with van der Waals surface area (Å²) in [5.41, 5.74) is 1.78. The first-order chi connectivity index (χ1) is 7.79. The molecular formula is C15H30N2. The molecule has 2 unspecified atom stereocenters. The van der Waals surface area contributed by atoms with Crippen LogP contribution in [0.1, 0.15) is 48.0 Å². The van der Waals surface area contributed by atoms with Crippen molar-refractivity contribution in [2.75, 3.05) is 19.6 Å². The number of hydrogen-bond donors (Lipinski definition) is 1. The molecule has 0 aromatic carbocycles. The third-order valence-corrected chi connectivity index (χ3v) is 3.82. The average Bonchev–Trinajstić information content (AvgIpc) is 2.25. The van der Waals surface area contributed by atoms with Gasteiger partial charge in [-0.3, -0.25) is 4.90 Å². The molecule has 1 aliphatic heterocycles. The van der Waals surface area contributed by atoms with Crippen molar-refractivity contribution in [3.8, 4) is 0 Å². The summed E-state index contributed by atoms with van der Waals surface area (Å²) in [5.74, 6) is 0.695. The standard InChI is InChI=1S/C15H30N2/c1-12-7-9-17(10-8-12)14(3)13(2)11-16-15(4,5)6/h7,13-14,16H,8-11H2,1-6H3. The number of rotatable bonds is 4. The van der Waals surface area contributed by atoms with Gasteiger partial charge in [-0.1, -0.05) is 18.6 Å². The van der Waals surface area contributed by atoms with Crippen molar-refractivity contribution in [2.45, 2.75) is 59.5 Å². The topological polar surface area (TPSA) is 15.3 Å². The fourth-order valence-corrected chi connectivity index (χ4v) is 2.15. The molecule has 0 saturated carbocycles.